The fourth-order valence-electron chi connectivity index (χ4n) is 2.96. The van der Waals surface area contributed by atoms with Gasteiger partial charge in [0, 0.05) is 12.1 Å². The van der Waals surface area contributed by atoms with Gasteiger partial charge in [-0.25, -0.2) is 8.42 Å². The van der Waals surface area contributed by atoms with Crippen LogP contribution in [0.5, 0.6) is 0 Å². The lowest BCUT2D eigenvalue weighted by Gasteiger charge is -2.27. The summed E-state index contributed by atoms with van der Waals surface area (Å²) >= 11 is 0. The van der Waals surface area contributed by atoms with Gasteiger partial charge in [0.15, 0.2) is 0 Å². The Morgan fingerprint density at radius 1 is 1.20 bits per heavy atom. The summed E-state index contributed by atoms with van der Waals surface area (Å²) in [4.78, 5) is 0. The molecule has 5 heteroatoms. The van der Waals surface area contributed by atoms with Crippen LogP contribution in [0.25, 0.3) is 0 Å². The molecule has 1 saturated heterocycles. The number of sulfonamides is 1. The van der Waals surface area contributed by atoms with Gasteiger partial charge < -0.3 is 5.11 Å². The second-order valence-electron chi connectivity index (χ2n) is 5.55. The summed E-state index contributed by atoms with van der Waals surface area (Å²) in [6, 6.07) is 7.36. The van der Waals surface area contributed by atoms with Crippen molar-refractivity contribution in [3.8, 4) is 0 Å². The Labute approximate surface area is 121 Å². The van der Waals surface area contributed by atoms with Gasteiger partial charge in [0.2, 0.25) is 10.0 Å². The molecule has 2 atom stereocenters. The van der Waals surface area contributed by atoms with E-state index in [0.29, 0.717) is 0 Å². The van der Waals surface area contributed by atoms with Crippen molar-refractivity contribution in [3.63, 3.8) is 0 Å². The third kappa shape index (κ3) is 3.22. The predicted molar refractivity (Wildman–Crippen MR) is 79.6 cm³/mol. The van der Waals surface area contributed by atoms with Crippen LogP contribution in [0.2, 0.25) is 0 Å². The highest BCUT2D eigenvalue weighted by Gasteiger charge is 2.37. The van der Waals surface area contributed by atoms with E-state index in [0.717, 1.165) is 30.4 Å². The van der Waals surface area contributed by atoms with E-state index < -0.39 is 10.0 Å². The van der Waals surface area contributed by atoms with Gasteiger partial charge in [-0.15, -0.1) is 0 Å². The maximum atomic E-state index is 12.6. The Hall–Kier alpha value is -0.910. The van der Waals surface area contributed by atoms with E-state index in [4.69, 9.17) is 5.11 Å². The second-order valence-corrected chi connectivity index (χ2v) is 7.42. The molecule has 0 radical (unpaired) electrons. The summed E-state index contributed by atoms with van der Waals surface area (Å²) in [5, 5.41) is 9.01. The Morgan fingerprint density at radius 3 is 2.35 bits per heavy atom. The Balaban J connectivity index is 2.17. The van der Waals surface area contributed by atoms with Crippen molar-refractivity contribution in [2.75, 3.05) is 0 Å². The Bertz CT molecular complexity index is 539. The SMILES string of the molecule is CCC1CCC(C)N1S(=O)(=O)Cc1ccc(CO)cc1. The Kier molecular flexibility index (Phi) is 4.83. The minimum atomic E-state index is -3.27. The summed E-state index contributed by atoms with van der Waals surface area (Å²) in [6.07, 6.45) is 2.77. The first kappa shape index (κ1) is 15.5. The fraction of sp³-hybridized carbons (Fsp3) is 0.600. The highest BCUT2D eigenvalue weighted by molar-refractivity contribution is 7.88. The number of aliphatic hydroxyl groups excluding tert-OH is 1. The molecule has 2 unspecified atom stereocenters. The molecule has 1 aliphatic heterocycles. The van der Waals surface area contributed by atoms with Crippen LogP contribution in [0.3, 0.4) is 0 Å². The molecule has 0 bridgehead atoms. The van der Waals surface area contributed by atoms with Crippen LogP contribution in [0.1, 0.15) is 44.2 Å². The van der Waals surface area contributed by atoms with Gasteiger partial charge in [0.1, 0.15) is 0 Å². The van der Waals surface area contributed by atoms with Crippen LogP contribution in [-0.2, 0) is 22.4 Å². The van der Waals surface area contributed by atoms with Crippen molar-refractivity contribution in [2.24, 2.45) is 0 Å². The zero-order chi connectivity index (χ0) is 14.8. The molecule has 4 nitrogen and oxygen atoms in total. The highest BCUT2D eigenvalue weighted by atomic mass is 32.2. The summed E-state index contributed by atoms with van der Waals surface area (Å²) in [5.41, 5.74) is 1.57. The molecule has 0 aliphatic carbocycles. The van der Waals surface area contributed by atoms with E-state index in [-0.39, 0.29) is 24.4 Å². The van der Waals surface area contributed by atoms with Crippen LogP contribution in [0.4, 0.5) is 0 Å². The third-order valence-corrected chi connectivity index (χ3v) is 6.06. The quantitative estimate of drug-likeness (QED) is 0.907. The molecule has 0 saturated carbocycles. The third-order valence-electron chi connectivity index (χ3n) is 4.06. The van der Waals surface area contributed by atoms with Gasteiger partial charge in [0.25, 0.3) is 0 Å². The van der Waals surface area contributed by atoms with Crippen molar-refractivity contribution >= 4 is 10.0 Å². The zero-order valence-corrected chi connectivity index (χ0v) is 12.9. The van der Waals surface area contributed by atoms with Gasteiger partial charge in [0.05, 0.1) is 12.4 Å². The van der Waals surface area contributed by atoms with E-state index in [9.17, 15) is 8.42 Å². The lowest BCUT2D eigenvalue weighted by atomic mass is 10.2. The van der Waals surface area contributed by atoms with E-state index in [2.05, 4.69) is 0 Å². The van der Waals surface area contributed by atoms with E-state index >= 15 is 0 Å². The molecule has 1 aromatic rings. The summed E-state index contributed by atoms with van der Waals surface area (Å²) in [6.45, 7) is 4.01. The maximum Gasteiger partial charge on any atom is 0.218 e. The van der Waals surface area contributed by atoms with E-state index in [1.165, 1.54) is 0 Å². The van der Waals surface area contributed by atoms with E-state index in [1.807, 2.05) is 13.8 Å². The molecule has 1 aromatic carbocycles. The first-order valence-electron chi connectivity index (χ1n) is 7.17. The standard InChI is InChI=1S/C15H23NO3S/c1-3-15-9-4-12(2)16(15)20(18,19)11-14-7-5-13(10-17)6-8-14/h5-8,12,15,17H,3-4,9-11H2,1-2H3. The van der Waals surface area contributed by atoms with Crippen molar-refractivity contribution in [3.05, 3.63) is 35.4 Å². The first-order chi connectivity index (χ1) is 9.47. The number of nitrogens with zero attached hydrogens (tertiary/aromatic N) is 1. The second kappa shape index (κ2) is 6.24. The molecule has 0 amide bonds. The molecule has 20 heavy (non-hydrogen) atoms. The minimum absolute atomic E-state index is 0.0197. The molecule has 1 aliphatic rings. The van der Waals surface area contributed by atoms with Crippen LogP contribution >= 0.6 is 0 Å². The summed E-state index contributed by atoms with van der Waals surface area (Å²) < 4.78 is 26.9. The van der Waals surface area contributed by atoms with Crippen LogP contribution in [-0.4, -0.2) is 29.9 Å². The maximum absolute atomic E-state index is 12.6. The molecule has 1 N–H and O–H groups in total. The smallest absolute Gasteiger partial charge is 0.218 e. The van der Waals surface area contributed by atoms with Gasteiger partial charge in [-0.1, -0.05) is 31.2 Å². The monoisotopic (exact) mass is 297 g/mol. The van der Waals surface area contributed by atoms with Gasteiger partial charge >= 0.3 is 0 Å². The average Bonchev–Trinajstić information content (AvgIpc) is 2.81. The molecule has 0 aromatic heterocycles. The molecule has 1 fully saturated rings. The summed E-state index contributed by atoms with van der Waals surface area (Å²) in [5.74, 6) is 0.0412. The number of aliphatic hydroxyl groups is 1. The molecule has 112 valence electrons. The number of hydrogen-bond donors (Lipinski definition) is 1. The molecule has 2 rings (SSSR count). The molecular weight excluding hydrogens is 274 g/mol. The van der Waals surface area contributed by atoms with Crippen LogP contribution in [0.15, 0.2) is 24.3 Å². The zero-order valence-electron chi connectivity index (χ0n) is 12.1. The predicted octanol–water partition coefficient (Wildman–Crippen LogP) is 2.27. The van der Waals surface area contributed by atoms with Gasteiger partial charge in [-0.05, 0) is 37.3 Å². The van der Waals surface area contributed by atoms with Crippen molar-refractivity contribution < 1.29 is 13.5 Å². The fourth-order valence-corrected chi connectivity index (χ4v) is 5.08. The van der Waals surface area contributed by atoms with Crippen LogP contribution < -0.4 is 0 Å². The summed E-state index contributed by atoms with van der Waals surface area (Å²) in [7, 11) is -3.27. The van der Waals surface area contributed by atoms with Gasteiger partial charge in [-0.2, -0.15) is 4.31 Å². The molecule has 1 heterocycles. The Morgan fingerprint density at radius 2 is 1.80 bits per heavy atom. The molecule has 0 spiro atoms. The van der Waals surface area contributed by atoms with Crippen molar-refractivity contribution in [2.45, 2.75) is 57.6 Å². The molecular formula is C15H23NO3S. The number of benzene rings is 1. The number of hydrogen-bond acceptors (Lipinski definition) is 3. The lowest BCUT2D eigenvalue weighted by Crippen LogP contribution is -2.40. The topological polar surface area (TPSA) is 57.6 Å². The normalized spacial score (nSPS) is 24.1. The van der Waals surface area contributed by atoms with Crippen molar-refractivity contribution in [1.29, 1.82) is 0 Å². The number of rotatable bonds is 5. The van der Waals surface area contributed by atoms with Gasteiger partial charge in [-0.3, -0.25) is 0 Å². The average molecular weight is 297 g/mol. The first-order valence-corrected chi connectivity index (χ1v) is 8.78. The highest BCUT2D eigenvalue weighted by Crippen LogP contribution is 2.30. The van der Waals surface area contributed by atoms with E-state index in [1.54, 1.807) is 28.6 Å². The largest absolute Gasteiger partial charge is 0.392 e. The lowest BCUT2D eigenvalue weighted by molar-refractivity contribution is 0.282. The van der Waals surface area contributed by atoms with Crippen LogP contribution in [0, 0.1) is 0 Å². The minimum Gasteiger partial charge on any atom is -0.392 e. The van der Waals surface area contributed by atoms with Crippen molar-refractivity contribution in [1.82, 2.24) is 4.31 Å².